The Morgan fingerprint density at radius 3 is 2.25 bits per heavy atom. The highest BCUT2D eigenvalue weighted by Gasteiger charge is 2.55. The lowest BCUT2D eigenvalue weighted by atomic mass is 10.1. The highest BCUT2D eigenvalue weighted by Crippen LogP contribution is 2.51. The lowest BCUT2D eigenvalue weighted by Gasteiger charge is -1.99. The van der Waals surface area contributed by atoms with Gasteiger partial charge in [-0.1, -0.05) is 28.1 Å². The number of halogens is 1. The van der Waals surface area contributed by atoms with Gasteiger partial charge in [0.1, 0.15) is 0 Å². The highest BCUT2D eigenvalue weighted by atomic mass is 79.9. The van der Waals surface area contributed by atoms with Crippen molar-refractivity contribution < 1.29 is 8.42 Å². The van der Waals surface area contributed by atoms with Gasteiger partial charge in [0.25, 0.3) is 0 Å². The zero-order valence-corrected chi connectivity index (χ0v) is 11.3. The molecule has 0 aliphatic heterocycles. The Morgan fingerprint density at radius 2 is 1.88 bits per heavy atom. The van der Waals surface area contributed by atoms with Crippen LogP contribution in [0.2, 0.25) is 0 Å². The van der Waals surface area contributed by atoms with Crippen LogP contribution in [-0.2, 0) is 9.84 Å². The number of hydrogen-bond donors (Lipinski definition) is 1. The molecule has 0 aromatic heterocycles. The molecule has 1 fully saturated rings. The van der Waals surface area contributed by atoms with Gasteiger partial charge >= 0.3 is 0 Å². The fourth-order valence-electron chi connectivity index (χ4n) is 2.33. The molecule has 1 aliphatic rings. The Kier molecular flexibility index (Phi) is 3.11. The Labute approximate surface area is 104 Å². The number of sulfone groups is 1. The van der Waals surface area contributed by atoms with Gasteiger partial charge in [0.05, 0.1) is 5.25 Å². The number of nitrogens with two attached hydrogens (primary N) is 1. The summed E-state index contributed by atoms with van der Waals surface area (Å²) in [7, 11) is -2.99. The van der Waals surface area contributed by atoms with Crippen LogP contribution in [0.15, 0.2) is 28.7 Å². The van der Waals surface area contributed by atoms with Gasteiger partial charge in [0, 0.05) is 16.6 Å². The lowest BCUT2D eigenvalue weighted by molar-refractivity contribution is 0.597. The normalized spacial score (nSPS) is 29.1. The third-order valence-electron chi connectivity index (χ3n) is 3.12. The Hall–Kier alpha value is -0.390. The molecule has 88 valence electrons. The summed E-state index contributed by atoms with van der Waals surface area (Å²) in [5.41, 5.74) is 6.67. The first-order valence-corrected chi connectivity index (χ1v) is 7.84. The van der Waals surface area contributed by atoms with Crippen LogP contribution in [-0.4, -0.2) is 26.5 Å². The van der Waals surface area contributed by atoms with Crippen LogP contribution < -0.4 is 5.73 Å². The Morgan fingerprint density at radius 1 is 1.31 bits per heavy atom. The molecule has 2 N–H and O–H groups in total. The van der Waals surface area contributed by atoms with E-state index in [0.717, 1.165) is 10.0 Å². The van der Waals surface area contributed by atoms with Crippen LogP contribution in [0.4, 0.5) is 0 Å². The van der Waals surface area contributed by atoms with Gasteiger partial charge in [-0.3, -0.25) is 0 Å². The van der Waals surface area contributed by atoms with E-state index >= 15 is 0 Å². The van der Waals surface area contributed by atoms with Crippen LogP contribution in [0, 0.1) is 5.92 Å². The molecule has 1 aromatic carbocycles. The van der Waals surface area contributed by atoms with Gasteiger partial charge in [0.2, 0.25) is 0 Å². The van der Waals surface area contributed by atoms with Crippen molar-refractivity contribution in [2.45, 2.75) is 11.2 Å². The van der Waals surface area contributed by atoms with Gasteiger partial charge < -0.3 is 5.73 Å². The molecular formula is C11H14BrNO2S. The van der Waals surface area contributed by atoms with Crippen molar-refractivity contribution in [2.24, 2.45) is 11.7 Å². The maximum absolute atomic E-state index is 11.5. The molecule has 3 atom stereocenters. The Bertz CT molecular complexity index is 483. The first-order valence-electron chi connectivity index (χ1n) is 5.09. The van der Waals surface area contributed by atoms with Crippen LogP contribution >= 0.6 is 15.9 Å². The molecule has 5 heteroatoms. The number of rotatable bonds is 3. The predicted octanol–water partition coefficient (Wildman–Crippen LogP) is 1.53. The van der Waals surface area contributed by atoms with E-state index in [1.54, 1.807) is 0 Å². The summed E-state index contributed by atoms with van der Waals surface area (Å²) >= 11 is 3.36. The van der Waals surface area contributed by atoms with Gasteiger partial charge in [-0.2, -0.15) is 0 Å². The summed E-state index contributed by atoms with van der Waals surface area (Å²) in [6.45, 7) is 0.429. The van der Waals surface area contributed by atoms with Gasteiger partial charge in [-0.25, -0.2) is 8.42 Å². The zero-order valence-electron chi connectivity index (χ0n) is 8.93. The highest BCUT2D eigenvalue weighted by molar-refractivity contribution is 9.10. The summed E-state index contributed by atoms with van der Waals surface area (Å²) in [5, 5.41) is -0.293. The van der Waals surface area contributed by atoms with E-state index in [0.29, 0.717) is 6.54 Å². The molecule has 1 saturated carbocycles. The molecule has 0 heterocycles. The Balaban J connectivity index is 2.27. The molecule has 1 aromatic rings. The maximum atomic E-state index is 11.5. The second kappa shape index (κ2) is 4.13. The molecule has 0 amide bonds. The molecule has 0 bridgehead atoms. The van der Waals surface area contributed by atoms with Gasteiger partial charge in [-0.05, 0) is 30.2 Å². The summed E-state index contributed by atoms with van der Waals surface area (Å²) in [6, 6.07) is 7.78. The van der Waals surface area contributed by atoms with Crippen LogP contribution in [0.3, 0.4) is 0 Å². The SMILES string of the molecule is CS(=O)(=O)[C@@H]1[C@@H](CN)[C@H]1c1ccc(Br)cc1. The molecule has 0 radical (unpaired) electrons. The number of hydrogen-bond acceptors (Lipinski definition) is 3. The third kappa shape index (κ3) is 2.17. The quantitative estimate of drug-likeness (QED) is 0.921. The van der Waals surface area contributed by atoms with Crippen molar-refractivity contribution in [3.05, 3.63) is 34.3 Å². The maximum Gasteiger partial charge on any atom is 0.151 e. The van der Waals surface area contributed by atoms with Gasteiger partial charge in [0.15, 0.2) is 9.84 Å². The largest absolute Gasteiger partial charge is 0.330 e. The summed E-state index contributed by atoms with van der Waals surface area (Å²) in [6.07, 6.45) is 1.29. The van der Waals surface area contributed by atoms with E-state index in [1.807, 2.05) is 24.3 Å². The summed E-state index contributed by atoms with van der Waals surface area (Å²) in [4.78, 5) is 0. The molecule has 0 unspecified atom stereocenters. The minimum absolute atomic E-state index is 0.0769. The van der Waals surface area contributed by atoms with Gasteiger partial charge in [-0.15, -0.1) is 0 Å². The topological polar surface area (TPSA) is 60.2 Å². The van der Waals surface area contributed by atoms with Crippen molar-refractivity contribution in [1.82, 2.24) is 0 Å². The zero-order chi connectivity index (χ0) is 11.9. The standard InChI is InChI=1S/C11H14BrNO2S/c1-16(14,15)11-9(6-13)10(11)7-2-4-8(12)5-3-7/h2-5,9-11H,6,13H2,1H3/t9-,10+,11+/m0/s1. The van der Waals surface area contributed by atoms with Crippen molar-refractivity contribution in [3.63, 3.8) is 0 Å². The second-order valence-corrected chi connectivity index (χ2v) is 7.39. The lowest BCUT2D eigenvalue weighted by Crippen LogP contribution is -2.11. The first kappa shape index (κ1) is 12.1. The average Bonchev–Trinajstić information content (AvgIpc) is 2.92. The van der Waals surface area contributed by atoms with E-state index in [2.05, 4.69) is 15.9 Å². The van der Waals surface area contributed by atoms with Crippen molar-refractivity contribution in [3.8, 4) is 0 Å². The summed E-state index contributed by atoms with van der Waals surface area (Å²) in [5.74, 6) is 0.157. The van der Waals surface area contributed by atoms with E-state index in [-0.39, 0.29) is 17.1 Å². The monoisotopic (exact) mass is 303 g/mol. The van der Waals surface area contributed by atoms with E-state index in [1.165, 1.54) is 6.26 Å². The summed E-state index contributed by atoms with van der Waals surface area (Å²) < 4.78 is 24.1. The minimum Gasteiger partial charge on any atom is -0.330 e. The van der Waals surface area contributed by atoms with E-state index < -0.39 is 9.84 Å². The van der Waals surface area contributed by atoms with Crippen LogP contribution in [0.1, 0.15) is 11.5 Å². The van der Waals surface area contributed by atoms with Crippen molar-refractivity contribution >= 4 is 25.8 Å². The molecule has 1 aliphatic carbocycles. The molecule has 2 rings (SSSR count). The second-order valence-electron chi connectivity index (χ2n) is 4.27. The van der Waals surface area contributed by atoms with E-state index in [4.69, 9.17) is 5.73 Å². The molecule has 3 nitrogen and oxygen atoms in total. The fraction of sp³-hybridized carbons (Fsp3) is 0.455. The average molecular weight is 304 g/mol. The van der Waals surface area contributed by atoms with Crippen molar-refractivity contribution in [1.29, 1.82) is 0 Å². The molecule has 16 heavy (non-hydrogen) atoms. The molecule has 0 saturated heterocycles. The van der Waals surface area contributed by atoms with Crippen LogP contribution in [0.5, 0.6) is 0 Å². The predicted molar refractivity (Wildman–Crippen MR) is 68.1 cm³/mol. The fourth-order valence-corrected chi connectivity index (χ4v) is 4.31. The molecule has 0 spiro atoms. The smallest absolute Gasteiger partial charge is 0.151 e. The van der Waals surface area contributed by atoms with E-state index in [9.17, 15) is 8.42 Å². The first-order chi connectivity index (χ1) is 7.45. The van der Waals surface area contributed by atoms with Crippen LogP contribution in [0.25, 0.3) is 0 Å². The number of benzene rings is 1. The molecular weight excluding hydrogens is 290 g/mol. The third-order valence-corrected chi connectivity index (χ3v) is 5.28. The minimum atomic E-state index is -2.99. The van der Waals surface area contributed by atoms with Crippen molar-refractivity contribution in [2.75, 3.05) is 12.8 Å².